The highest BCUT2D eigenvalue weighted by atomic mass is 16.6. The van der Waals surface area contributed by atoms with E-state index in [0.29, 0.717) is 51.5 Å². The zero-order valence-electron chi connectivity index (χ0n) is 26.5. The summed E-state index contributed by atoms with van der Waals surface area (Å²) in [5.74, 6) is -0.769. The van der Waals surface area contributed by atoms with E-state index in [1.807, 2.05) is 0 Å². The molecule has 0 heterocycles. The molecule has 7 unspecified atom stereocenters. The van der Waals surface area contributed by atoms with Crippen molar-refractivity contribution >= 4 is 17.6 Å². The molecule has 0 saturated heterocycles. The highest BCUT2D eigenvalue weighted by molar-refractivity contribution is 5.87. The second kappa shape index (κ2) is 26.1. The van der Waals surface area contributed by atoms with Gasteiger partial charge in [0.1, 0.15) is 24.4 Å². The highest BCUT2D eigenvalue weighted by Gasteiger charge is 2.31. The predicted octanol–water partition coefficient (Wildman–Crippen LogP) is -3.71. The number of carbonyl (C=O) groups excluding carboxylic acids is 3. The van der Waals surface area contributed by atoms with Crippen molar-refractivity contribution < 1.29 is 74.9 Å². The molecule has 0 radical (unpaired) electrons. The number of amides is 2. The Bertz CT molecular complexity index is 824. The lowest BCUT2D eigenvalue weighted by Crippen LogP contribution is -2.45. The summed E-state index contributed by atoms with van der Waals surface area (Å²) in [6, 6.07) is -0.684. The van der Waals surface area contributed by atoms with Gasteiger partial charge in [0.2, 0.25) is 11.8 Å². The molecule has 0 aliphatic heterocycles. The molecule has 12 N–H and O–H groups in total. The summed E-state index contributed by atoms with van der Waals surface area (Å²) >= 11 is 0. The smallest absolute Gasteiger partial charge is 0.220 e. The lowest BCUT2D eigenvalue weighted by Gasteiger charge is -2.26. The van der Waals surface area contributed by atoms with Gasteiger partial charge in [0.05, 0.1) is 18.2 Å². The molecule has 0 saturated carbocycles. The molecule has 0 rings (SSSR count). The Kier molecular flexibility index (Phi) is 25.1. The zero-order chi connectivity index (χ0) is 35.1. The van der Waals surface area contributed by atoms with Crippen LogP contribution in [-0.2, 0) is 23.9 Å². The summed E-state index contributed by atoms with van der Waals surface area (Å²) in [7, 11) is 0. The van der Waals surface area contributed by atoms with Crippen LogP contribution in [0.2, 0.25) is 0 Å². The maximum atomic E-state index is 12.3. The van der Waals surface area contributed by atoms with Gasteiger partial charge < -0.3 is 71.2 Å². The molecule has 0 aliphatic rings. The van der Waals surface area contributed by atoms with E-state index in [1.54, 1.807) is 0 Å². The average molecular weight is 673 g/mol. The number of unbranched alkanes of at least 4 members (excludes halogenated alkanes) is 3. The average Bonchev–Trinajstić information content (AvgIpc) is 3.01. The van der Waals surface area contributed by atoms with E-state index in [9.17, 15) is 55.2 Å². The third kappa shape index (κ3) is 19.7. The van der Waals surface area contributed by atoms with E-state index in [0.717, 1.165) is 0 Å². The van der Waals surface area contributed by atoms with Gasteiger partial charge in [-0.1, -0.05) is 0 Å². The molecule has 0 aromatic rings. The van der Waals surface area contributed by atoms with Crippen LogP contribution in [0.5, 0.6) is 0 Å². The van der Waals surface area contributed by atoms with Crippen molar-refractivity contribution in [1.82, 2.24) is 10.6 Å². The number of rotatable bonds is 29. The van der Waals surface area contributed by atoms with Crippen molar-refractivity contribution in [2.24, 2.45) is 0 Å². The molecule has 0 spiro atoms. The molecule has 0 aromatic carbocycles. The lowest BCUT2D eigenvalue weighted by atomic mass is 10.1. The fourth-order valence-corrected chi connectivity index (χ4v) is 4.21. The number of Topliss-reactive ketones (excluding diaryl/α,β-unsaturated/α-hetero) is 1. The van der Waals surface area contributed by atoms with Crippen LogP contribution in [0.25, 0.3) is 0 Å². The first-order valence-electron chi connectivity index (χ1n) is 15.7. The quantitative estimate of drug-likeness (QED) is 0.0269. The maximum Gasteiger partial charge on any atom is 0.220 e. The Labute approximate surface area is 269 Å². The molecule has 272 valence electrons. The third-order valence-corrected chi connectivity index (χ3v) is 7.16. The van der Waals surface area contributed by atoms with Gasteiger partial charge in [-0.05, 0) is 64.7 Å². The Morgan fingerprint density at radius 2 is 1.04 bits per heavy atom. The zero-order valence-corrected chi connectivity index (χ0v) is 26.5. The first-order chi connectivity index (χ1) is 21.8. The van der Waals surface area contributed by atoms with Crippen molar-refractivity contribution in [3.63, 3.8) is 0 Å². The summed E-state index contributed by atoms with van der Waals surface area (Å²) < 4.78 is 10.1. The van der Waals surface area contributed by atoms with Gasteiger partial charge in [-0.3, -0.25) is 14.4 Å². The number of hydrogen-bond donors (Lipinski definition) is 12. The van der Waals surface area contributed by atoms with E-state index in [1.165, 1.54) is 6.92 Å². The van der Waals surface area contributed by atoms with Gasteiger partial charge in [-0.25, -0.2) is 0 Å². The first kappa shape index (κ1) is 44.1. The molecule has 0 aromatic heterocycles. The molecular formula is C29H56N2O15. The molecule has 2 amide bonds. The Hall–Kier alpha value is -1.87. The Balaban J connectivity index is 4.07. The van der Waals surface area contributed by atoms with Crippen LogP contribution in [0.1, 0.15) is 77.6 Å². The fraction of sp³-hybridized carbons (Fsp3) is 0.897. The standard InChI is InChI=1S/C29H56N2O15/c1-18(34)19(31-23(38)10-4-7-17-46-29(44)27(42)25(40)21(36)12-15-33)8-2-5-13-30-22(37)9-3-6-16-45-28(43)26(41)24(39)20(35)11-14-32/h19-21,24-29,32-33,35-36,39-44H,2-17H2,1H3,(H,30,37)(H,31,38)/t19-,20?,21+,24?,25?,26?,27?,28?,29?/m0/s1. The number of aliphatic hydroxyl groups excluding tert-OH is 10. The van der Waals surface area contributed by atoms with Gasteiger partial charge >= 0.3 is 0 Å². The van der Waals surface area contributed by atoms with Gasteiger partial charge in [-0.15, -0.1) is 0 Å². The van der Waals surface area contributed by atoms with Crippen molar-refractivity contribution in [1.29, 1.82) is 0 Å². The summed E-state index contributed by atoms with van der Waals surface area (Å²) in [5.41, 5.74) is 0. The van der Waals surface area contributed by atoms with Crippen LogP contribution < -0.4 is 10.6 Å². The number of aliphatic hydroxyl groups is 10. The van der Waals surface area contributed by atoms with E-state index in [4.69, 9.17) is 19.7 Å². The number of hydrogen-bond acceptors (Lipinski definition) is 15. The van der Waals surface area contributed by atoms with Gasteiger partial charge in [-0.2, -0.15) is 0 Å². The fourth-order valence-electron chi connectivity index (χ4n) is 4.21. The van der Waals surface area contributed by atoms with Crippen LogP contribution in [0.15, 0.2) is 0 Å². The number of ether oxygens (including phenoxy) is 2. The van der Waals surface area contributed by atoms with Gasteiger partial charge in [0, 0.05) is 45.8 Å². The normalized spacial score (nSPS) is 17.6. The highest BCUT2D eigenvalue weighted by Crippen LogP contribution is 2.11. The Morgan fingerprint density at radius 1 is 0.587 bits per heavy atom. The van der Waals surface area contributed by atoms with E-state index in [-0.39, 0.29) is 56.5 Å². The summed E-state index contributed by atoms with van der Waals surface area (Å²) in [6.45, 7) is 0.874. The van der Waals surface area contributed by atoms with Crippen molar-refractivity contribution in [3.8, 4) is 0 Å². The minimum Gasteiger partial charge on any atom is -0.396 e. The molecule has 46 heavy (non-hydrogen) atoms. The van der Waals surface area contributed by atoms with Crippen LogP contribution in [-0.4, -0.2) is 157 Å². The van der Waals surface area contributed by atoms with Crippen LogP contribution in [0, 0.1) is 0 Å². The van der Waals surface area contributed by atoms with E-state index in [2.05, 4.69) is 10.6 Å². The molecule has 0 bridgehead atoms. The number of nitrogens with one attached hydrogen (secondary N) is 2. The largest absolute Gasteiger partial charge is 0.396 e. The third-order valence-electron chi connectivity index (χ3n) is 7.16. The SMILES string of the molecule is CC(=O)[C@H](CCCCNC(=O)CCCCOC(O)C(O)C(O)C(O)CCO)NC(=O)CCCCOC(O)C(O)C(O)[C@H](O)CCO. The molecule has 0 fully saturated rings. The van der Waals surface area contributed by atoms with Crippen LogP contribution in [0.3, 0.4) is 0 Å². The predicted molar refractivity (Wildman–Crippen MR) is 161 cm³/mol. The summed E-state index contributed by atoms with van der Waals surface area (Å²) in [4.78, 5) is 36.3. The van der Waals surface area contributed by atoms with Crippen molar-refractivity contribution in [3.05, 3.63) is 0 Å². The lowest BCUT2D eigenvalue weighted by molar-refractivity contribution is -0.203. The van der Waals surface area contributed by atoms with Gasteiger partial charge in [0.15, 0.2) is 18.4 Å². The minimum absolute atomic E-state index is 0.00294. The van der Waals surface area contributed by atoms with Crippen molar-refractivity contribution in [2.75, 3.05) is 33.0 Å². The minimum atomic E-state index is -1.79. The topological polar surface area (TPSA) is 296 Å². The van der Waals surface area contributed by atoms with Crippen LogP contribution in [0.4, 0.5) is 0 Å². The maximum absolute atomic E-state index is 12.3. The first-order valence-corrected chi connectivity index (χ1v) is 15.7. The summed E-state index contributed by atoms with van der Waals surface area (Å²) in [6.07, 6.45) is -10.4. The molecule has 17 nitrogen and oxygen atoms in total. The molecular weight excluding hydrogens is 616 g/mol. The summed E-state index contributed by atoms with van der Waals surface area (Å²) in [5, 5.41) is 101. The molecule has 9 atom stereocenters. The molecule has 0 aliphatic carbocycles. The second-order valence-electron chi connectivity index (χ2n) is 11.1. The number of carbonyl (C=O) groups is 3. The Morgan fingerprint density at radius 3 is 1.48 bits per heavy atom. The van der Waals surface area contributed by atoms with Crippen molar-refractivity contribution in [2.45, 2.75) is 133 Å². The number of ketones is 1. The van der Waals surface area contributed by atoms with E-state index < -0.39 is 68.5 Å². The van der Waals surface area contributed by atoms with Crippen LogP contribution >= 0.6 is 0 Å². The monoisotopic (exact) mass is 672 g/mol. The van der Waals surface area contributed by atoms with E-state index >= 15 is 0 Å². The molecule has 17 heteroatoms. The van der Waals surface area contributed by atoms with Gasteiger partial charge in [0.25, 0.3) is 0 Å². The second-order valence-corrected chi connectivity index (χ2v) is 11.1.